The molecule has 0 saturated carbocycles. The van der Waals surface area contributed by atoms with Crippen LogP contribution in [0.15, 0.2) is 28.7 Å². The highest BCUT2D eigenvalue weighted by molar-refractivity contribution is 9.10. The summed E-state index contributed by atoms with van der Waals surface area (Å²) < 4.78 is 0.868. The first-order valence-electron chi connectivity index (χ1n) is 6.56. The van der Waals surface area contributed by atoms with Crippen LogP contribution in [-0.2, 0) is 0 Å². The molecule has 1 aromatic carbocycles. The third-order valence-corrected chi connectivity index (χ3v) is 4.23. The quantitative estimate of drug-likeness (QED) is 0.877. The van der Waals surface area contributed by atoms with Crippen molar-refractivity contribution in [2.45, 2.75) is 25.9 Å². The summed E-state index contributed by atoms with van der Waals surface area (Å²) in [5, 5.41) is 12.5. The van der Waals surface area contributed by atoms with Gasteiger partial charge < -0.3 is 15.3 Å². The molecule has 0 spiro atoms. The van der Waals surface area contributed by atoms with E-state index in [1.807, 2.05) is 24.3 Å². The van der Waals surface area contributed by atoms with E-state index in [4.69, 9.17) is 0 Å². The molecule has 1 heterocycles. The minimum Gasteiger partial charge on any atom is -0.393 e. The molecule has 2 N–H and O–H groups in total. The van der Waals surface area contributed by atoms with Crippen LogP contribution in [0.4, 0.5) is 10.5 Å². The number of likely N-dealkylation sites (tertiary alicyclic amines) is 1. The highest BCUT2D eigenvalue weighted by Gasteiger charge is 2.26. The fraction of sp³-hybridized carbons (Fsp3) is 0.500. The number of nitrogens with zero attached hydrogens (tertiary/aromatic N) is 1. The van der Waals surface area contributed by atoms with Crippen molar-refractivity contribution in [3.63, 3.8) is 0 Å². The van der Waals surface area contributed by atoms with E-state index >= 15 is 0 Å². The van der Waals surface area contributed by atoms with E-state index in [0.717, 1.165) is 29.5 Å². The van der Waals surface area contributed by atoms with Crippen LogP contribution in [-0.4, -0.2) is 35.2 Å². The fourth-order valence-corrected chi connectivity index (χ4v) is 2.73. The molecule has 0 aliphatic carbocycles. The van der Waals surface area contributed by atoms with Gasteiger partial charge in [0.2, 0.25) is 0 Å². The molecule has 1 fully saturated rings. The maximum Gasteiger partial charge on any atom is 0.321 e. The number of urea groups is 1. The molecular formula is C14H19BrN2O2. The number of amides is 2. The van der Waals surface area contributed by atoms with E-state index in [1.165, 1.54) is 0 Å². The van der Waals surface area contributed by atoms with Gasteiger partial charge in [0.05, 0.1) is 11.8 Å². The van der Waals surface area contributed by atoms with Crippen molar-refractivity contribution in [3.8, 4) is 0 Å². The van der Waals surface area contributed by atoms with E-state index in [-0.39, 0.29) is 18.1 Å². The van der Waals surface area contributed by atoms with Gasteiger partial charge in [-0.05, 0) is 47.8 Å². The average Bonchev–Trinajstić information content (AvgIpc) is 2.41. The summed E-state index contributed by atoms with van der Waals surface area (Å²) >= 11 is 3.41. The Morgan fingerprint density at radius 3 is 2.95 bits per heavy atom. The van der Waals surface area contributed by atoms with E-state index in [9.17, 15) is 9.90 Å². The van der Waals surface area contributed by atoms with Crippen LogP contribution >= 0.6 is 15.9 Å². The lowest BCUT2D eigenvalue weighted by Gasteiger charge is -2.34. The molecule has 2 atom stereocenters. The molecule has 2 unspecified atom stereocenters. The topological polar surface area (TPSA) is 52.6 Å². The van der Waals surface area contributed by atoms with Crippen LogP contribution < -0.4 is 5.32 Å². The van der Waals surface area contributed by atoms with E-state index in [2.05, 4.69) is 21.2 Å². The molecule has 1 saturated heterocycles. The van der Waals surface area contributed by atoms with Crippen molar-refractivity contribution in [3.05, 3.63) is 28.7 Å². The monoisotopic (exact) mass is 326 g/mol. The van der Waals surface area contributed by atoms with Gasteiger partial charge in [0.1, 0.15) is 0 Å². The van der Waals surface area contributed by atoms with Crippen LogP contribution in [0.25, 0.3) is 0 Å². The average molecular weight is 327 g/mol. The molecule has 4 nitrogen and oxygen atoms in total. The standard InChI is InChI=1S/C14H19BrN2O2/c1-10(18)11-5-4-8-17(9-11)14(19)16-13-7-3-2-6-12(13)15/h2-3,6-7,10-11,18H,4-5,8-9H2,1H3,(H,16,19). The van der Waals surface area contributed by atoms with Crippen molar-refractivity contribution in [1.29, 1.82) is 0 Å². The van der Waals surface area contributed by atoms with Gasteiger partial charge in [0.25, 0.3) is 0 Å². The Morgan fingerprint density at radius 1 is 1.53 bits per heavy atom. The van der Waals surface area contributed by atoms with Gasteiger partial charge in [-0.3, -0.25) is 0 Å². The lowest BCUT2D eigenvalue weighted by atomic mass is 9.94. The van der Waals surface area contributed by atoms with Crippen LogP contribution in [0.2, 0.25) is 0 Å². The first-order chi connectivity index (χ1) is 9.08. The number of aliphatic hydroxyl groups is 1. The summed E-state index contributed by atoms with van der Waals surface area (Å²) in [6.07, 6.45) is 1.56. The molecule has 0 aromatic heterocycles. The molecule has 1 aliphatic rings. The molecule has 2 amide bonds. The Kier molecular flexibility index (Phi) is 4.82. The summed E-state index contributed by atoms with van der Waals surface area (Å²) in [6, 6.07) is 7.44. The lowest BCUT2D eigenvalue weighted by molar-refractivity contribution is 0.0766. The number of aliphatic hydroxyl groups excluding tert-OH is 1. The van der Waals surface area contributed by atoms with Gasteiger partial charge in [-0.2, -0.15) is 0 Å². The van der Waals surface area contributed by atoms with E-state index in [1.54, 1.807) is 11.8 Å². The zero-order valence-corrected chi connectivity index (χ0v) is 12.6. The first kappa shape index (κ1) is 14.3. The largest absolute Gasteiger partial charge is 0.393 e. The number of benzene rings is 1. The van der Waals surface area contributed by atoms with Crippen LogP contribution in [0.5, 0.6) is 0 Å². The second kappa shape index (κ2) is 6.39. The number of carbonyl (C=O) groups excluding carboxylic acids is 1. The number of anilines is 1. The highest BCUT2D eigenvalue weighted by atomic mass is 79.9. The number of hydrogen-bond acceptors (Lipinski definition) is 2. The Labute approximate surface area is 121 Å². The van der Waals surface area contributed by atoms with Crippen molar-refractivity contribution in [1.82, 2.24) is 4.90 Å². The molecule has 1 aromatic rings. The number of para-hydroxylation sites is 1. The van der Waals surface area contributed by atoms with Gasteiger partial charge in [0, 0.05) is 23.5 Å². The second-order valence-electron chi connectivity index (χ2n) is 5.00. The highest BCUT2D eigenvalue weighted by Crippen LogP contribution is 2.24. The summed E-state index contributed by atoms with van der Waals surface area (Å²) in [4.78, 5) is 14.0. The predicted molar refractivity (Wildman–Crippen MR) is 79.1 cm³/mol. The molecular weight excluding hydrogens is 308 g/mol. The van der Waals surface area contributed by atoms with Crippen LogP contribution in [0.1, 0.15) is 19.8 Å². The number of rotatable bonds is 2. The van der Waals surface area contributed by atoms with Gasteiger partial charge in [-0.1, -0.05) is 12.1 Å². The molecule has 19 heavy (non-hydrogen) atoms. The summed E-state index contributed by atoms with van der Waals surface area (Å²) in [7, 11) is 0. The maximum absolute atomic E-state index is 12.2. The number of carbonyl (C=O) groups is 1. The van der Waals surface area contributed by atoms with Crippen LogP contribution in [0, 0.1) is 5.92 Å². The lowest BCUT2D eigenvalue weighted by Crippen LogP contribution is -2.44. The Bertz CT molecular complexity index is 451. The predicted octanol–water partition coefficient (Wildman–Crippen LogP) is 3.07. The number of nitrogens with one attached hydrogen (secondary N) is 1. The first-order valence-corrected chi connectivity index (χ1v) is 7.35. The molecule has 0 radical (unpaired) electrons. The fourth-order valence-electron chi connectivity index (χ4n) is 2.35. The van der Waals surface area contributed by atoms with E-state index in [0.29, 0.717) is 6.54 Å². The number of piperidine rings is 1. The van der Waals surface area contributed by atoms with E-state index < -0.39 is 0 Å². The molecule has 1 aliphatic heterocycles. The Balaban J connectivity index is 1.98. The van der Waals surface area contributed by atoms with Crippen molar-refractivity contribution >= 4 is 27.6 Å². The van der Waals surface area contributed by atoms with Gasteiger partial charge in [0.15, 0.2) is 0 Å². The molecule has 0 bridgehead atoms. The number of halogens is 1. The maximum atomic E-state index is 12.2. The summed E-state index contributed by atoms with van der Waals surface area (Å²) in [5.41, 5.74) is 0.770. The second-order valence-corrected chi connectivity index (χ2v) is 5.85. The molecule has 104 valence electrons. The third kappa shape index (κ3) is 3.70. The zero-order chi connectivity index (χ0) is 13.8. The van der Waals surface area contributed by atoms with Crippen molar-refractivity contribution in [2.24, 2.45) is 5.92 Å². The summed E-state index contributed by atoms with van der Waals surface area (Å²) in [5.74, 6) is 0.179. The Hall–Kier alpha value is -1.07. The third-order valence-electron chi connectivity index (χ3n) is 3.54. The molecule has 5 heteroatoms. The number of hydrogen-bond donors (Lipinski definition) is 2. The zero-order valence-electron chi connectivity index (χ0n) is 11.0. The van der Waals surface area contributed by atoms with Crippen molar-refractivity contribution in [2.75, 3.05) is 18.4 Å². The Morgan fingerprint density at radius 2 is 2.26 bits per heavy atom. The van der Waals surface area contributed by atoms with Gasteiger partial charge >= 0.3 is 6.03 Å². The van der Waals surface area contributed by atoms with Gasteiger partial charge in [-0.15, -0.1) is 0 Å². The van der Waals surface area contributed by atoms with Crippen LogP contribution in [0.3, 0.4) is 0 Å². The smallest absolute Gasteiger partial charge is 0.321 e. The normalized spacial score (nSPS) is 21.0. The SMILES string of the molecule is CC(O)C1CCCN(C(=O)Nc2ccccc2Br)C1. The molecule has 2 rings (SSSR count). The van der Waals surface area contributed by atoms with Gasteiger partial charge in [-0.25, -0.2) is 4.79 Å². The van der Waals surface area contributed by atoms with Crippen molar-refractivity contribution < 1.29 is 9.90 Å². The minimum absolute atomic E-state index is 0.0998. The summed E-state index contributed by atoms with van der Waals surface area (Å²) in [6.45, 7) is 3.16. The minimum atomic E-state index is -0.362.